The van der Waals surface area contributed by atoms with Crippen LogP contribution in [0.2, 0.25) is 5.02 Å². The van der Waals surface area contributed by atoms with E-state index >= 15 is 0 Å². The summed E-state index contributed by atoms with van der Waals surface area (Å²) in [5, 5.41) is 4.07. The van der Waals surface area contributed by atoms with Crippen LogP contribution in [0.15, 0.2) is 39.8 Å². The summed E-state index contributed by atoms with van der Waals surface area (Å²) in [6.45, 7) is 3.01. The van der Waals surface area contributed by atoms with E-state index in [4.69, 9.17) is 20.9 Å². The number of aryl methyl sites for hydroxylation is 1. The number of rotatable bonds is 6. The van der Waals surface area contributed by atoms with E-state index in [2.05, 4.69) is 9.88 Å². The molecule has 0 saturated heterocycles. The Hall–Kier alpha value is -1.90. The number of esters is 1. The molecule has 0 radical (unpaired) electrons. The molecular formula is C14H15ClN2O5S. The van der Waals surface area contributed by atoms with Crippen LogP contribution in [0, 0.1) is 6.92 Å². The van der Waals surface area contributed by atoms with Crippen molar-refractivity contribution in [3.05, 3.63) is 46.8 Å². The largest absolute Gasteiger partial charge is 0.456 e. The van der Waals surface area contributed by atoms with Crippen molar-refractivity contribution >= 4 is 27.6 Å². The number of halogens is 1. The summed E-state index contributed by atoms with van der Waals surface area (Å²) in [6, 6.07) is 6.16. The molecule has 1 heterocycles. The summed E-state index contributed by atoms with van der Waals surface area (Å²) >= 11 is 5.72. The zero-order valence-corrected chi connectivity index (χ0v) is 14.0. The van der Waals surface area contributed by atoms with Crippen LogP contribution in [0.25, 0.3) is 0 Å². The number of sulfonamides is 1. The molecule has 0 spiro atoms. The van der Waals surface area contributed by atoms with Crippen molar-refractivity contribution in [3.8, 4) is 0 Å². The predicted octanol–water partition coefficient (Wildman–Crippen LogP) is 2.05. The first kappa shape index (κ1) is 17.5. The minimum Gasteiger partial charge on any atom is -0.456 e. The molecule has 0 amide bonds. The summed E-state index contributed by atoms with van der Waals surface area (Å²) in [4.78, 5) is 11.9. The molecule has 1 aromatic carbocycles. The summed E-state index contributed by atoms with van der Waals surface area (Å²) in [7, 11) is -3.85. The quantitative estimate of drug-likeness (QED) is 0.793. The van der Waals surface area contributed by atoms with E-state index in [0.29, 0.717) is 16.5 Å². The monoisotopic (exact) mass is 358 g/mol. The van der Waals surface area contributed by atoms with Gasteiger partial charge in [-0.2, -0.15) is 4.72 Å². The highest BCUT2D eigenvalue weighted by Crippen LogP contribution is 2.14. The summed E-state index contributed by atoms with van der Waals surface area (Å²) in [6.07, 6.45) is 0. The molecular weight excluding hydrogens is 344 g/mol. The molecule has 1 N–H and O–H groups in total. The van der Waals surface area contributed by atoms with Crippen molar-refractivity contribution in [2.45, 2.75) is 31.4 Å². The third-order valence-corrected chi connectivity index (χ3v) is 4.65. The molecule has 0 unspecified atom stereocenters. The second-order valence-electron chi connectivity index (χ2n) is 4.84. The molecule has 7 nitrogen and oxygen atoms in total. The van der Waals surface area contributed by atoms with E-state index in [0.717, 1.165) is 0 Å². The van der Waals surface area contributed by atoms with E-state index in [-0.39, 0.29) is 11.5 Å². The fourth-order valence-corrected chi connectivity index (χ4v) is 3.03. The highest BCUT2D eigenvalue weighted by Gasteiger charge is 2.23. The van der Waals surface area contributed by atoms with E-state index < -0.39 is 22.0 Å². The number of carbonyl (C=O) groups excluding carboxylic acids is 1. The van der Waals surface area contributed by atoms with Crippen LogP contribution < -0.4 is 4.72 Å². The number of nitrogens with one attached hydrogen (secondary N) is 1. The number of hydrogen-bond acceptors (Lipinski definition) is 6. The Morgan fingerprint density at radius 2 is 2.04 bits per heavy atom. The van der Waals surface area contributed by atoms with Gasteiger partial charge in [0.05, 0.1) is 10.6 Å². The van der Waals surface area contributed by atoms with Gasteiger partial charge >= 0.3 is 5.97 Å². The molecule has 9 heteroatoms. The maximum Gasteiger partial charge on any atom is 0.324 e. The number of benzene rings is 1. The lowest BCUT2D eigenvalue weighted by atomic mass is 10.4. The lowest BCUT2D eigenvalue weighted by Gasteiger charge is -2.13. The van der Waals surface area contributed by atoms with Gasteiger partial charge in [0.2, 0.25) is 10.0 Å². The number of carbonyl (C=O) groups is 1. The van der Waals surface area contributed by atoms with Crippen LogP contribution in [-0.2, 0) is 26.2 Å². The Labute approximate surface area is 138 Å². The highest BCUT2D eigenvalue weighted by atomic mass is 35.5. The summed E-state index contributed by atoms with van der Waals surface area (Å²) < 4.78 is 36.4. The van der Waals surface area contributed by atoms with Gasteiger partial charge in [-0.3, -0.25) is 4.79 Å². The summed E-state index contributed by atoms with van der Waals surface area (Å²) in [5.74, 6) is -0.347. The van der Waals surface area contributed by atoms with E-state index in [1.165, 1.54) is 31.2 Å². The third kappa shape index (κ3) is 4.78. The highest BCUT2D eigenvalue weighted by molar-refractivity contribution is 7.89. The first-order chi connectivity index (χ1) is 10.8. The minimum atomic E-state index is -3.85. The van der Waals surface area contributed by atoms with Gasteiger partial charge in [0.15, 0.2) is 12.4 Å². The van der Waals surface area contributed by atoms with Crippen LogP contribution in [0.5, 0.6) is 0 Å². The average molecular weight is 359 g/mol. The van der Waals surface area contributed by atoms with E-state index in [9.17, 15) is 13.2 Å². The summed E-state index contributed by atoms with van der Waals surface area (Å²) in [5.41, 5.74) is 0.660. The molecule has 0 fully saturated rings. The van der Waals surface area contributed by atoms with Crippen molar-refractivity contribution in [2.75, 3.05) is 0 Å². The maximum atomic E-state index is 12.1. The number of ether oxygens (including phenoxy) is 1. The fourth-order valence-electron chi connectivity index (χ4n) is 1.71. The molecule has 0 aliphatic heterocycles. The SMILES string of the molecule is Cc1cc(COC(=O)[C@H](C)NS(=O)(=O)c2ccc(Cl)cc2)on1. The molecule has 0 bridgehead atoms. The van der Waals surface area contributed by atoms with Gasteiger partial charge < -0.3 is 9.26 Å². The lowest BCUT2D eigenvalue weighted by molar-refractivity contribution is -0.147. The zero-order valence-electron chi connectivity index (χ0n) is 12.4. The van der Waals surface area contributed by atoms with Gasteiger partial charge in [-0.15, -0.1) is 0 Å². The predicted molar refractivity (Wildman–Crippen MR) is 82.3 cm³/mol. The maximum absolute atomic E-state index is 12.1. The van der Waals surface area contributed by atoms with Crippen molar-refractivity contribution < 1.29 is 22.5 Å². The Kier molecular flexibility index (Phi) is 5.40. The van der Waals surface area contributed by atoms with Crippen molar-refractivity contribution in [1.29, 1.82) is 0 Å². The average Bonchev–Trinajstić information content (AvgIpc) is 2.90. The fraction of sp³-hybridized carbons (Fsp3) is 0.286. The first-order valence-corrected chi connectivity index (χ1v) is 8.51. The Bertz CT molecular complexity index is 786. The van der Waals surface area contributed by atoms with E-state index in [1.807, 2.05) is 0 Å². The van der Waals surface area contributed by atoms with Crippen LogP contribution in [0.1, 0.15) is 18.4 Å². The molecule has 0 saturated carbocycles. The van der Waals surface area contributed by atoms with Gasteiger partial charge in [0.25, 0.3) is 0 Å². The molecule has 0 aliphatic rings. The molecule has 23 heavy (non-hydrogen) atoms. The molecule has 2 rings (SSSR count). The smallest absolute Gasteiger partial charge is 0.324 e. The molecule has 0 aliphatic carbocycles. The van der Waals surface area contributed by atoms with Gasteiger partial charge in [0, 0.05) is 11.1 Å². The third-order valence-electron chi connectivity index (χ3n) is 2.84. The second-order valence-corrected chi connectivity index (χ2v) is 6.99. The van der Waals surface area contributed by atoms with Crippen LogP contribution in [0.3, 0.4) is 0 Å². The number of nitrogens with zero attached hydrogens (tertiary/aromatic N) is 1. The van der Waals surface area contributed by atoms with Crippen LogP contribution in [-0.4, -0.2) is 25.6 Å². The van der Waals surface area contributed by atoms with E-state index in [1.54, 1.807) is 13.0 Å². The Morgan fingerprint density at radius 3 is 2.61 bits per heavy atom. The van der Waals surface area contributed by atoms with Gasteiger partial charge in [-0.1, -0.05) is 16.8 Å². The molecule has 2 aromatic rings. The minimum absolute atomic E-state index is 0.00686. The van der Waals surface area contributed by atoms with Crippen molar-refractivity contribution in [2.24, 2.45) is 0 Å². The topological polar surface area (TPSA) is 98.5 Å². The van der Waals surface area contributed by atoms with Gasteiger partial charge in [-0.05, 0) is 38.1 Å². The molecule has 1 atom stereocenters. The van der Waals surface area contributed by atoms with Crippen molar-refractivity contribution in [3.63, 3.8) is 0 Å². The normalized spacial score (nSPS) is 12.8. The van der Waals surface area contributed by atoms with Gasteiger partial charge in [0.1, 0.15) is 6.04 Å². The zero-order chi connectivity index (χ0) is 17.0. The Morgan fingerprint density at radius 1 is 1.39 bits per heavy atom. The van der Waals surface area contributed by atoms with Crippen LogP contribution in [0.4, 0.5) is 0 Å². The standard InChI is InChI=1S/C14H15ClN2O5S/c1-9-7-12(22-16-9)8-21-14(18)10(2)17-23(19,20)13-5-3-11(15)4-6-13/h3-7,10,17H,8H2,1-2H3/t10-/m0/s1. The van der Waals surface area contributed by atoms with Gasteiger partial charge in [-0.25, -0.2) is 8.42 Å². The number of hydrogen-bond donors (Lipinski definition) is 1. The Balaban J connectivity index is 1.95. The van der Waals surface area contributed by atoms with Crippen molar-refractivity contribution in [1.82, 2.24) is 9.88 Å². The molecule has 124 valence electrons. The lowest BCUT2D eigenvalue weighted by Crippen LogP contribution is -2.39. The number of aromatic nitrogens is 1. The first-order valence-electron chi connectivity index (χ1n) is 6.64. The molecule has 1 aromatic heterocycles. The van der Waals surface area contributed by atoms with Crippen LogP contribution >= 0.6 is 11.6 Å². The second kappa shape index (κ2) is 7.12.